The van der Waals surface area contributed by atoms with Gasteiger partial charge < -0.3 is 10.8 Å². The van der Waals surface area contributed by atoms with Crippen molar-refractivity contribution in [3.05, 3.63) is 53.6 Å². The fourth-order valence-electron chi connectivity index (χ4n) is 1.99. The molecule has 2 aromatic rings. The molecular weight excluding hydrogens is 288 g/mol. The van der Waals surface area contributed by atoms with Crippen molar-refractivity contribution < 1.29 is 13.5 Å². The largest absolute Gasteiger partial charge is 0.508 e. The van der Waals surface area contributed by atoms with E-state index in [0.29, 0.717) is 17.7 Å². The van der Waals surface area contributed by atoms with Crippen LogP contribution in [0.3, 0.4) is 0 Å². The van der Waals surface area contributed by atoms with Gasteiger partial charge in [0, 0.05) is 12.2 Å². The molecule has 6 heteroatoms. The number of phenolic OH excluding ortho intramolecular Hbond substituents is 1. The molecular formula is C15H18N2O3S. The molecule has 0 spiro atoms. The average Bonchev–Trinajstić information content (AvgIpc) is 2.44. The summed E-state index contributed by atoms with van der Waals surface area (Å²) in [7, 11) is -3.57. The van der Waals surface area contributed by atoms with Crippen LogP contribution in [-0.2, 0) is 16.4 Å². The Morgan fingerprint density at radius 3 is 2.48 bits per heavy atom. The molecule has 0 aliphatic rings. The van der Waals surface area contributed by atoms with Crippen molar-refractivity contribution in [2.75, 3.05) is 12.3 Å². The molecule has 2 aromatic carbocycles. The molecule has 21 heavy (non-hydrogen) atoms. The lowest BCUT2D eigenvalue weighted by Gasteiger charge is -2.10. The van der Waals surface area contributed by atoms with E-state index in [2.05, 4.69) is 4.72 Å². The minimum Gasteiger partial charge on any atom is -0.508 e. The fraction of sp³-hybridized carbons (Fsp3) is 0.200. The summed E-state index contributed by atoms with van der Waals surface area (Å²) in [6, 6.07) is 11.5. The fourth-order valence-corrected chi connectivity index (χ4v) is 3.30. The van der Waals surface area contributed by atoms with Crippen LogP contribution in [0.2, 0.25) is 0 Å². The van der Waals surface area contributed by atoms with Crippen molar-refractivity contribution in [3.63, 3.8) is 0 Å². The summed E-state index contributed by atoms with van der Waals surface area (Å²) in [5.41, 5.74) is 7.69. The lowest BCUT2D eigenvalue weighted by Crippen LogP contribution is -2.26. The second-order valence-electron chi connectivity index (χ2n) is 4.78. The van der Waals surface area contributed by atoms with Crippen LogP contribution in [0.1, 0.15) is 11.1 Å². The van der Waals surface area contributed by atoms with Crippen molar-refractivity contribution in [1.82, 2.24) is 4.72 Å². The van der Waals surface area contributed by atoms with Gasteiger partial charge in [-0.3, -0.25) is 0 Å². The van der Waals surface area contributed by atoms with E-state index in [-0.39, 0.29) is 17.2 Å². The molecule has 0 saturated heterocycles. The van der Waals surface area contributed by atoms with E-state index in [0.717, 1.165) is 5.56 Å². The Balaban J connectivity index is 2.05. The Morgan fingerprint density at radius 1 is 1.14 bits per heavy atom. The lowest BCUT2D eigenvalue weighted by molar-refractivity contribution is 0.475. The van der Waals surface area contributed by atoms with Gasteiger partial charge in [-0.25, -0.2) is 13.1 Å². The summed E-state index contributed by atoms with van der Waals surface area (Å²) in [5.74, 6) is 0.190. The topological polar surface area (TPSA) is 92.4 Å². The normalized spacial score (nSPS) is 11.5. The first-order chi connectivity index (χ1) is 9.90. The third kappa shape index (κ3) is 3.74. The lowest BCUT2D eigenvalue weighted by atomic mass is 10.1. The smallest absolute Gasteiger partial charge is 0.240 e. The van der Waals surface area contributed by atoms with Crippen LogP contribution < -0.4 is 10.5 Å². The van der Waals surface area contributed by atoms with Crippen molar-refractivity contribution in [2.45, 2.75) is 18.2 Å². The van der Waals surface area contributed by atoms with Crippen molar-refractivity contribution >= 4 is 15.7 Å². The molecule has 0 radical (unpaired) electrons. The summed E-state index contributed by atoms with van der Waals surface area (Å²) >= 11 is 0. The Morgan fingerprint density at radius 2 is 1.81 bits per heavy atom. The van der Waals surface area contributed by atoms with Gasteiger partial charge in [0.25, 0.3) is 0 Å². The molecule has 0 aliphatic carbocycles. The number of nitrogens with two attached hydrogens (primary N) is 1. The van der Waals surface area contributed by atoms with E-state index in [1.807, 2.05) is 0 Å². The Hall–Kier alpha value is -2.05. The van der Waals surface area contributed by atoms with Crippen molar-refractivity contribution in [2.24, 2.45) is 0 Å². The maximum absolute atomic E-state index is 12.2. The Labute approximate surface area is 124 Å². The Kier molecular flexibility index (Phi) is 4.50. The molecule has 5 nitrogen and oxygen atoms in total. The number of phenols is 1. The van der Waals surface area contributed by atoms with E-state index in [1.54, 1.807) is 43.3 Å². The average molecular weight is 306 g/mol. The van der Waals surface area contributed by atoms with Gasteiger partial charge in [0.05, 0.1) is 4.90 Å². The minimum atomic E-state index is -3.57. The monoisotopic (exact) mass is 306 g/mol. The number of aromatic hydroxyl groups is 1. The maximum atomic E-state index is 12.2. The molecule has 0 saturated carbocycles. The second kappa shape index (κ2) is 6.15. The van der Waals surface area contributed by atoms with E-state index in [4.69, 9.17) is 5.73 Å². The van der Waals surface area contributed by atoms with E-state index in [1.165, 1.54) is 6.07 Å². The summed E-state index contributed by atoms with van der Waals surface area (Å²) in [4.78, 5) is 0.202. The maximum Gasteiger partial charge on any atom is 0.240 e. The number of hydrogen-bond donors (Lipinski definition) is 3. The van der Waals surface area contributed by atoms with Crippen molar-refractivity contribution in [3.8, 4) is 5.75 Å². The molecule has 0 atom stereocenters. The molecule has 2 rings (SSSR count). The number of anilines is 1. The van der Waals surface area contributed by atoms with E-state index >= 15 is 0 Å². The predicted molar refractivity (Wildman–Crippen MR) is 82.6 cm³/mol. The summed E-state index contributed by atoms with van der Waals surface area (Å²) in [6.45, 7) is 1.96. The standard InChI is InChI=1S/C15H18N2O3S/c1-11-14(16)3-2-4-15(11)21(19,20)17-10-9-12-5-7-13(18)8-6-12/h2-8,17-18H,9-10,16H2,1H3. The van der Waals surface area contributed by atoms with Crippen LogP contribution in [0.25, 0.3) is 0 Å². The first-order valence-electron chi connectivity index (χ1n) is 6.53. The highest BCUT2D eigenvalue weighted by Gasteiger charge is 2.17. The van der Waals surface area contributed by atoms with Crippen molar-refractivity contribution in [1.29, 1.82) is 0 Å². The van der Waals surface area contributed by atoms with Gasteiger partial charge in [0.2, 0.25) is 10.0 Å². The van der Waals surface area contributed by atoms with Gasteiger partial charge in [-0.2, -0.15) is 0 Å². The van der Waals surface area contributed by atoms with E-state index in [9.17, 15) is 13.5 Å². The number of nitrogens with one attached hydrogen (secondary N) is 1. The number of nitrogen functional groups attached to an aromatic ring is 1. The van der Waals surface area contributed by atoms with Gasteiger partial charge in [-0.1, -0.05) is 18.2 Å². The SMILES string of the molecule is Cc1c(N)cccc1S(=O)(=O)NCCc1ccc(O)cc1. The highest BCUT2D eigenvalue weighted by molar-refractivity contribution is 7.89. The van der Waals surface area contributed by atoms with Crippen LogP contribution in [-0.4, -0.2) is 20.1 Å². The molecule has 112 valence electrons. The van der Waals surface area contributed by atoms with Crippen LogP contribution in [0.4, 0.5) is 5.69 Å². The van der Waals surface area contributed by atoms with Gasteiger partial charge in [0.15, 0.2) is 0 Å². The molecule has 0 fully saturated rings. The highest BCUT2D eigenvalue weighted by Crippen LogP contribution is 2.20. The summed E-state index contributed by atoms with van der Waals surface area (Å²) in [5, 5.41) is 9.19. The second-order valence-corrected chi connectivity index (χ2v) is 6.52. The molecule has 0 bridgehead atoms. The molecule has 0 heterocycles. The van der Waals surface area contributed by atoms with Crippen LogP contribution in [0.5, 0.6) is 5.75 Å². The first-order valence-corrected chi connectivity index (χ1v) is 8.01. The van der Waals surface area contributed by atoms with Gasteiger partial charge >= 0.3 is 0 Å². The summed E-state index contributed by atoms with van der Waals surface area (Å²) < 4.78 is 27.0. The number of hydrogen-bond acceptors (Lipinski definition) is 4. The number of benzene rings is 2. The summed E-state index contributed by atoms with van der Waals surface area (Å²) in [6.07, 6.45) is 0.543. The minimum absolute atomic E-state index is 0.190. The van der Waals surface area contributed by atoms with E-state index < -0.39 is 10.0 Å². The molecule has 4 N–H and O–H groups in total. The van der Waals surface area contributed by atoms with Gasteiger partial charge in [-0.15, -0.1) is 0 Å². The van der Waals surface area contributed by atoms with Crippen LogP contribution in [0, 0.1) is 6.92 Å². The quantitative estimate of drug-likeness (QED) is 0.734. The third-order valence-electron chi connectivity index (χ3n) is 3.26. The zero-order chi connectivity index (χ0) is 15.5. The third-order valence-corrected chi connectivity index (χ3v) is 4.86. The molecule has 0 amide bonds. The molecule has 0 unspecified atom stereocenters. The zero-order valence-electron chi connectivity index (χ0n) is 11.7. The van der Waals surface area contributed by atoms with Crippen LogP contribution >= 0.6 is 0 Å². The Bertz CT molecular complexity index is 725. The predicted octanol–water partition coefficient (Wildman–Crippen LogP) is 1.80. The van der Waals surface area contributed by atoms with Gasteiger partial charge in [0.1, 0.15) is 5.75 Å². The first kappa shape index (κ1) is 15.3. The van der Waals surface area contributed by atoms with Gasteiger partial charge in [-0.05, 0) is 48.7 Å². The van der Waals surface area contributed by atoms with Crippen LogP contribution in [0.15, 0.2) is 47.4 Å². The molecule has 0 aromatic heterocycles. The zero-order valence-corrected chi connectivity index (χ0v) is 12.5. The number of sulfonamides is 1. The highest BCUT2D eigenvalue weighted by atomic mass is 32.2. The number of rotatable bonds is 5. The molecule has 0 aliphatic heterocycles.